The maximum absolute atomic E-state index is 12.9. The summed E-state index contributed by atoms with van der Waals surface area (Å²) in [4.78, 5) is 37.4. The first kappa shape index (κ1) is 79.5. The molecule has 0 spiro atoms. The van der Waals surface area contributed by atoms with Crippen molar-refractivity contribution in [3.05, 3.63) is 36.5 Å². The Bertz CT molecular complexity index is 1440. The maximum atomic E-state index is 12.9. The van der Waals surface area contributed by atoms with Crippen LogP contribution in [0.3, 0.4) is 0 Å². The average molecular weight is 1160 g/mol. The van der Waals surface area contributed by atoms with Crippen LogP contribution >= 0.6 is 0 Å². The molecule has 0 saturated carbocycles. The molecule has 0 rings (SSSR count). The normalized spacial score (nSPS) is 12.8. The molecule has 0 amide bonds. The second kappa shape index (κ2) is 64.5. The average Bonchev–Trinajstić information content (AvgIpc) is 3.45. The highest BCUT2D eigenvalue weighted by Gasteiger charge is 2.22. The molecule has 0 bridgehead atoms. The third-order valence-electron chi connectivity index (χ3n) is 16.2. The van der Waals surface area contributed by atoms with Crippen LogP contribution in [0.4, 0.5) is 0 Å². The quantitative estimate of drug-likeness (QED) is 0.0195. The van der Waals surface area contributed by atoms with Gasteiger partial charge in [0.15, 0.2) is 12.4 Å². The minimum Gasteiger partial charge on any atom is -0.545 e. The molecule has 0 saturated heterocycles. The Labute approximate surface area is 509 Å². The molecule has 0 N–H and O–H groups in total. The van der Waals surface area contributed by atoms with Crippen molar-refractivity contribution in [2.24, 2.45) is 0 Å². The summed E-state index contributed by atoms with van der Waals surface area (Å²) in [7, 11) is 5.93. The highest BCUT2D eigenvalue weighted by molar-refractivity contribution is 5.70. The van der Waals surface area contributed by atoms with E-state index in [-0.39, 0.29) is 32.2 Å². The van der Waals surface area contributed by atoms with E-state index in [9.17, 15) is 19.5 Å². The molecule has 0 aliphatic heterocycles. The summed E-state index contributed by atoms with van der Waals surface area (Å²) in [6.45, 7) is 4.68. The largest absolute Gasteiger partial charge is 0.545 e. The molecule has 82 heavy (non-hydrogen) atoms. The van der Waals surface area contributed by atoms with Gasteiger partial charge in [-0.25, -0.2) is 0 Å². The summed E-state index contributed by atoms with van der Waals surface area (Å²) >= 11 is 0. The predicted molar refractivity (Wildman–Crippen MR) is 348 cm³/mol. The van der Waals surface area contributed by atoms with E-state index in [2.05, 4.69) is 50.3 Å². The second-order valence-corrected chi connectivity index (χ2v) is 25.5. The number of carbonyl (C=O) groups is 3. The van der Waals surface area contributed by atoms with Gasteiger partial charge in [0.25, 0.3) is 0 Å². The summed E-state index contributed by atoms with van der Waals surface area (Å²) in [5.74, 6) is -2.28. The number of rotatable bonds is 67. The van der Waals surface area contributed by atoms with Gasteiger partial charge in [0, 0.05) is 12.8 Å². The first-order valence-corrected chi connectivity index (χ1v) is 35.6. The van der Waals surface area contributed by atoms with Gasteiger partial charge >= 0.3 is 11.9 Å². The summed E-state index contributed by atoms with van der Waals surface area (Å²) < 4.78 is 22.8. The summed E-state index contributed by atoms with van der Waals surface area (Å²) in [5.41, 5.74) is 0. The van der Waals surface area contributed by atoms with Crippen molar-refractivity contribution in [3.8, 4) is 0 Å². The molecule has 0 aliphatic carbocycles. The first-order chi connectivity index (χ1) is 40.1. The number of likely N-dealkylation sites (N-methyl/N-ethyl adjacent to an activating group) is 1. The lowest BCUT2D eigenvalue weighted by Crippen LogP contribution is -2.44. The van der Waals surface area contributed by atoms with Crippen molar-refractivity contribution in [2.45, 2.75) is 367 Å². The third-order valence-corrected chi connectivity index (χ3v) is 16.2. The van der Waals surface area contributed by atoms with Crippen LogP contribution in [0.2, 0.25) is 0 Å². The van der Waals surface area contributed by atoms with Crippen LogP contribution in [-0.4, -0.2) is 82.3 Å². The van der Waals surface area contributed by atoms with E-state index in [1.807, 2.05) is 21.1 Å². The summed E-state index contributed by atoms with van der Waals surface area (Å²) in [6, 6.07) is 0. The highest BCUT2D eigenvalue weighted by Crippen LogP contribution is 2.19. The number of carboxylic acids is 1. The van der Waals surface area contributed by atoms with Gasteiger partial charge in [0.1, 0.15) is 13.2 Å². The molecule has 2 unspecified atom stereocenters. The fourth-order valence-corrected chi connectivity index (χ4v) is 10.7. The number of aliphatic carboxylic acids is 1. The number of quaternary nitrogens is 1. The third kappa shape index (κ3) is 65.1. The van der Waals surface area contributed by atoms with E-state index in [1.54, 1.807) is 0 Å². The number of allylic oxidation sites excluding steroid dienone is 6. The molecule has 482 valence electrons. The number of carboxylic acid groups (broad SMARTS) is 1. The molecule has 9 nitrogen and oxygen atoms in total. The SMILES string of the molecule is CC/C=C\C/C=C\C/C=C\CCCCCCCCCC(=O)OC(COC(=O)CCCCCCCCCCCCCCCCCCCCCCCCCCCCCCCCCCCCCCCCCC)COC(OCC[N+](C)(C)C)C(=O)[O-]. The smallest absolute Gasteiger partial charge is 0.306 e. The second-order valence-electron chi connectivity index (χ2n) is 25.5. The van der Waals surface area contributed by atoms with E-state index in [1.165, 1.54) is 257 Å². The molecule has 0 fully saturated rings. The van der Waals surface area contributed by atoms with Crippen molar-refractivity contribution < 1.29 is 42.9 Å². The number of hydrogen-bond donors (Lipinski definition) is 0. The first-order valence-electron chi connectivity index (χ1n) is 35.6. The molecule has 0 aromatic rings. The van der Waals surface area contributed by atoms with Crippen LogP contribution in [0.5, 0.6) is 0 Å². The standard InChI is InChI=1S/C73H137NO8/c1-6-8-10-12-14-16-18-20-22-24-25-26-27-28-29-30-31-32-33-34-35-36-37-38-39-40-41-42-43-44-45-46-48-49-51-53-55-57-59-61-63-70(75)80-67-69(68-81-73(72(77)78)79-66-65-74(3,4)5)82-71(76)64-62-60-58-56-54-52-50-47-23-21-19-17-15-13-11-9-7-2/h9,11,15,17,21,23,69,73H,6-8,10,12-14,16,18-20,22,24-68H2,1-5H3/b11-9-,17-15-,23-21-. The maximum Gasteiger partial charge on any atom is 0.306 e. The van der Waals surface area contributed by atoms with Crippen LogP contribution in [0.15, 0.2) is 36.5 Å². The van der Waals surface area contributed by atoms with E-state index in [0.29, 0.717) is 23.9 Å². The number of hydrogen-bond acceptors (Lipinski definition) is 8. The monoisotopic (exact) mass is 1160 g/mol. The minimum absolute atomic E-state index is 0.147. The van der Waals surface area contributed by atoms with E-state index < -0.39 is 24.3 Å². The van der Waals surface area contributed by atoms with Crippen LogP contribution in [0, 0.1) is 0 Å². The number of nitrogens with zero attached hydrogens (tertiary/aromatic N) is 1. The van der Waals surface area contributed by atoms with Crippen LogP contribution < -0.4 is 5.11 Å². The lowest BCUT2D eigenvalue weighted by Gasteiger charge is -2.26. The van der Waals surface area contributed by atoms with Crippen molar-refractivity contribution >= 4 is 17.9 Å². The zero-order valence-electron chi connectivity index (χ0n) is 55.1. The minimum atomic E-state index is -1.62. The molecule has 0 heterocycles. The summed E-state index contributed by atoms with van der Waals surface area (Å²) in [5, 5.41) is 11.8. The van der Waals surface area contributed by atoms with Crippen LogP contribution in [0.1, 0.15) is 354 Å². The zero-order chi connectivity index (χ0) is 59.8. The van der Waals surface area contributed by atoms with Crippen molar-refractivity contribution in [1.29, 1.82) is 0 Å². The zero-order valence-corrected chi connectivity index (χ0v) is 55.1. The Morgan fingerprint density at radius 3 is 1.04 bits per heavy atom. The van der Waals surface area contributed by atoms with E-state index in [0.717, 1.165) is 64.2 Å². The van der Waals surface area contributed by atoms with Crippen molar-refractivity contribution in [2.75, 3.05) is 47.5 Å². The lowest BCUT2D eigenvalue weighted by molar-refractivity contribution is -0.870. The van der Waals surface area contributed by atoms with Gasteiger partial charge in [-0.15, -0.1) is 0 Å². The lowest BCUT2D eigenvalue weighted by atomic mass is 10.0. The van der Waals surface area contributed by atoms with Crippen LogP contribution in [-0.2, 0) is 33.3 Å². The fraction of sp³-hybridized carbons (Fsp3) is 0.877. The van der Waals surface area contributed by atoms with Gasteiger partial charge in [0.05, 0.1) is 40.3 Å². The molecule has 0 aliphatic rings. The highest BCUT2D eigenvalue weighted by atomic mass is 16.7. The molecular weight excluding hydrogens is 1020 g/mol. The topological polar surface area (TPSA) is 111 Å². The van der Waals surface area contributed by atoms with Gasteiger partial charge in [-0.3, -0.25) is 9.59 Å². The van der Waals surface area contributed by atoms with Crippen molar-refractivity contribution in [1.82, 2.24) is 0 Å². The molecule has 0 aromatic carbocycles. The fourth-order valence-electron chi connectivity index (χ4n) is 10.7. The van der Waals surface area contributed by atoms with Gasteiger partial charge in [-0.2, -0.15) is 0 Å². The predicted octanol–water partition coefficient (Wildman–Crippen LogP) is 20.6. The number of ether oxygens (including phenoxy) is 4. The van der Waals surface area contributed by atoms with Gasteiger partial charge in [-0.05, 0) is 44.9 Å². The number of esters is 2. The summed E-state index contributed by atoms with van der Waals surface area (Å²) in [6.07, 6.45) is 78.4. The molecule has 0 radical (unpaired) electrons. The molecule has 2 atom stereocenters. The van der Waals surface area contributed by atoms with Crippen LogP contribution in [0.25, 0.3) is 0 Å². The Morgan fingerprint density at radius 2 is 0.695 bits per heavy atom. The Morgan fingerprint density at radius 1 is 0.378 bits per heavy atom. The van der Waals surface area contributed by atoms with Gasteiger partial charge < -0.3 is 33.3 Å². The molecular formula is C73H137NO8. The van der Waals surface area contributed by atoms with Gasteiger partial charge in [-0.1, -0.05) is 333 Å². The van der Waals surface area contributed by atoms with E-state index in [4.69, 9.17) is 18.9 Å². The number of carbonyl (C=O) groups excluding carboxylic acids is 3. The number of unbranched alkanes of at least 4 members (excludes halogenated alkanes) is 46. The Balaban J connectivity index is 3.89. The molecule has 9 heteroatoms. The van der Waals surface area contributed by atoms with Gasteiger partial charge in [0.2, 0.25) is 0 Å². The van der Waals surface area contributed by atoms with E-state index >= 15 is 0 Å². The Kier molecular flexibility index (Phi) is 62.5. The molecule has 0 aromatic heterocycles. The Hall–Kier alpha value is -2.49. The van der Waals surface area contributed by atoms with Crippen molar-refractivity contribution in [3.63, 3.8) is 0 Å².